The van der Waals surface area contributed by atoms with Gasteiger partial charge in [0.25, 0.3) is 0 Å². The highest BCUT2D eigenvalue weighted by Crippen LogP contribution is 2.16. The molecule has 3 heteroatoms. The van der Waals surface area contributed by atoms with Crippen molar-refractivity contribution >= 4 is 0 Å². The molecule has 0 aliphatic heterocycles. The number of rotatable bonds is 5. The summed E-state index contributed by atoms with van der Waals surface area (Å²) in [6.45, 7) is 4.30. The summed E-state index contributed by atoms with van der Waals surface area (Å²) in [5.41, 5.74) is 1.10. The van der Waals surface area contributed by atoms with Crippen LogP contribution in [0.25, 0.3) is 0 Å². The Labute approximate surface area is 91.0 Å². The third-order valence-electron chi connectivity index (χ3n) is 2.24. The maximum Gasteiger partial charge on any atom is 0.162 e. The zero-order chi connectivity index (χ0) is 11.3. The Morgan fingerprint density at radius 3 is 2.13 bits per heavy atom. The molecular formula is C12H18O3. The predicted octanol–water partition coefficient (Wildman–Crippen LogP) is 2.59. The van der Waals surface area contributed by atoms with Gasteiger partial charge < -0.3 is 14.2 Å². The third-order valence-corrected chi connectivity index (χ3v) is 2.24. The van der Waals surface area contributed by atoms with Gasteiger partial charge in [-0.3, -0.25) is 0 Å². The minimum Gasteiger partial charge on any atom is -0.497 e. The van der Waals surface area contributed by atoms with Gasteiger partial charge in [-0.05, 0) is 31.5 Å². The zero-order valence-corrected chi connectivity index (χ0v) is 9.74. The maximum atomic E-state index is 5.58. The van der Waals surface area contributed by atoms with Crippen LogP contribution in [0.3, 0.4) is 0 Å². The van der Waals surface area contributed by atoms with Crippen LogP contribution in [0.5, 0.6) is 5.75 Å². The predicted molar refractivity (Wildman–Crippen MR) is 58.9 cm³/mol. The molecule has 0 spiro atoms. The number of ether oxygens (including phenoxy) is 3. The lowest BCUT2D eigenvalue weighted by atomic mass is 10.2. The molecule has 0 fully saturated rings. The van der Waals surface area contributed by atoms with E-state index < -0.39 is 5.79 Å². The number of methoxy groups -OCH3 is 2. The largest absolute Gasteiger partial charge is 0.497 e. The van der Waals surface area contributed by atoms with Gasteiger partial charge in [-0.2, -0.15) is 0 Å². The second kappa shape index (κ2) is 5.14. The maximum absolute atomic E-state index is 5.58. The smallest absolute Gasteiger partial charge is 0.162 e. The molecule has 0 aromatic heterocycles. The molecule has 3 nitrogen and oxygen atoms in total. The Bertz CT molecular complexity index is 290. The van der Waals surface area contributed by atoms with Gasteiger partial charge in [0, 0.05) is 7.11 Å². The summed E-state index contributed by atoms with van der Waals surface area (Å²) < 4.78 is 15.8. The molecular weight excluding hydrogens is 192 g/mol. The summed E-state index contributed by atoms with van der Waals surface area (Å²) in [4.78, 5) is 0. The molecule has 84 valence electrons. The van der Waals surface area contributed by atoms with E-state index in [1.54, 1.807) is 14.2 Å². The summed E-state index contributed by atoms with van der Waals surface area (Å²) in [7, 11) is 3.29. The van der Waals surface area contributed by atoms with E-state index in [1.165, 1.54) is 0 Å². The van der Waals surface area contributed by atoms with Crippen LogP contribution < -0.4 is 4.74 Å². The molecule has 0 heterocycles. The highest BCUT2D eigenvalue weighted by atomic mass is 16.7. The molecule has 0 aliphatic rings. The standard InChI is InChI=1S/C12H18O3/c1-12(2,14-4)15-9-10-5-7-11(13-3)8-6-10/h5-8H,9H2,1-4H3. The Morgan fingerprint density at radius 1 is 1.07 bits per heavy atom. The Balaban J connectivity index is 2.51. The van der Waals surface area contributed by atoms with E-state index in [1.807, 2.05) is 38.1 Å². The van der Waals surface area contributed by atoms with E-state index >= 15 is 0 Å². The van der Waals surface area contributed by atoms with Crippen LogP contribution in [0.15, 0.2) is 24.3 Å². The van der Waals surface area contributed by atoms with E-state index in [-0.39, 0.29) is 0 Å². The molecule has 1 rings (SSSR count). The highest BCUT2D eigenvalue weighted by molar-refractivity contribution is 5.26. The van der Waals surface area contributed by atoms with Crippen LogP contribution in [0.1, 0.15) is 19.4 Å². The quantitative estimate of drug-likeness (QED) is 0.699. The van der Waals surface area contributed by atoms with Crippen molar-refractivity contribution in [1.29, 1.82) is 0 Å². The molecule has 0 unspecified atom stereocenters. The lowest BCUT2D eigenvalue weighted by Crippen LogP contribution is -2.26. The lowest BCUT2D eigenvalue weighted by molar-refractivity contribution is -0.204. The average molecular weight is 210 g/mol. The molecule has 0 saturated heterocycles. The first-order valence-electron chi connectivity index (χ1n) is 4.89. The van der Waals surface area contributed by atoms with Crippen molar-refractivity contribution in [1.82, 2.24) is 0 Å². The molecule has 0 N–H and O–H groups in total. The van der Waals surface area contributed by atoms with Crippen molar-refractivity contribution in [2.45, 2.75) is 26.2 Å². The summed E-state index contributed by atoms with van der Waals surface area (Å²) in [6.07, 6.45) is 0. The van der Waals surface area contributed by atoms with Gasteiger partial charge in [0.1, 0.15) is 5.75 Å². The van der Waals surface area contributed by atoms with Crippen molar-refractivity contribution < 1.29 is 14.2 Å². The summed E-state index contributed by atoms with van der Waals surface area (Å²) >= 11 is 0. The van der Waals surface area contributed by atoms with Crippen molar-refractivity contribution in [3.8, 4) is 5.75 Å². The fraction of sp³-hybridized carbons (Fsp3) is 0.500. The van der Waals surface area contributed by atoms with Gasteiger partial charge in [0.15, 0.2) is 5.79 Å². The van der Waals surface area contributed by atoms with E-state index in [9.17, 15) is 0 Å². The van der Waals surface area contributed by atoms with Crippen LogP contribution in [0.4, 0.5) is 0 Å². The minimum atomic E-state index is -0.542. The first kappa shape index (κ1) is 12.0. The fourth-order valence-electron chi connectivity index (χ4n) is 1.04. The van der Waals surface area contributed by atoms with Crippen LogP contribution in [0.2, 0.25) is 0 Å². The van der Waals surface area contributed by atoms with E-state index in [4.69, 9.17) is 14.2 Å². The van der Waals surface area contributed by atoms with Crippen LogP contribution in [-0.2, 0) is 16.1 Å². The molecule has 0 radical (unpaired) electrons. The first-order valence-corrected chi connectivity index (χ1v) is 4.89. The van der Waals surface area contributed by atoms with Gasteiger partial charge in [0.05, 0.1) is 13.7 Å². The molecule has 0 atom stereocenters. The monoisotopic (exact) mass is 210 g/mol. The second-order valence-electron chi connectivity index (χ2n) is 3.74. The molecule has 1 aromatic carbocycles. The number of hydrogen-bond acceptors (Lipinski definition) is 3. The Morgan fingerprint density at radius 2 is 1.67 bits per heavy atom. The first-order chi connectivity index (χ1) is 7.07. The fourth-order valence-corrected chi connectivity index (χ4v) is 1.04. The van der Waals surface area contributed by atoms with E-state index in [0.717, 1.165) is 11.3 Å². The lowest BCUT2D eigenvalue weighted by Gasteiger charge is -2.23. The summed E-state index contributed by atoms with van der Waals surface area (Å²) in [6, 6.07) is 7.78. The summed E-state index contributed by atoms with van der Waals surface area (Å²) in [5.74, 6) is 0.310. The molecule has 0 amide bonds. The summed E-state index contributed by atoms with van der Waals surface area (Å²) in [5, 5.41) is 0. The van der Waals surface area contributed by atoms with Gasteiger partial charge in [0.2, 0.25) is 0 Å². The van der Waals surface area contributed by atoms with Gasteiger partial charge in [-0.15, -0.1) is 0 Å². The number of benzene rings is 1. The van der Waals surface area contributed by atoms with Crippen molar-refractivity contribution in [2.75, 3.05) is 14.2 Å². The average Bonchev–Trinajstić information content (AvgIpc) is 2.27. The molecule has 0 aliphatic carbocycles. The third kappa shape index (κ3) is 3.90. The van der Waals surface area contributed by atoms with Crippen LogP contribution >= 0.6 is 0 Å². The molecule has 0 saturated carbocycles. The van der Waals surface area contributed by atoms with Gasteiger partial charge >= 0.3 is 0 Å². The van der Waals surface area contributed by atoms with E-state index in [2.05, 4.69) is 0 Å². The normalized spacial score (nSPS) is 11.5. The Hall–Kier alpha value is -1.06. The van der Waals surface area contributed by atoms with Crippen molar-refractivity contribution in [2.24, 2.45) is 0 Å². The van der Waals surface area contributed by atoms with Crippen molar-refractivity contribution in [3.05, 3.63) is 29.8 Å². The van der Waals surface area contributed by atoms with Gasteiger partial charge in [-0.1, -0.05) is 12.1 Å². The Kier molecular flexibility index (Phi) is 4.12. The molecule has 15 heavy (non-hydrogen) atoms. The zero-order valence-electron chi connectivity index (χ0n) is 9.74. The second-order valence-corrected chi connectivity index (χ2v) is 3.74. The van der Waals surface area contributed by atoms with E-state index in [0.29, 0.717) is 6.61 Å². The number of hydrogen-bond donors (Lipinski definition) is 0. The minimum absolute atomic E-state index is 0.533. The van der Waals surface area contributed by atoms with Crippen LogP contribution in [0, 0.1) is 0 Å². The molecule has 1 aromatic rings. The topological polar surface area (TPSA) is 27.7 Å². The SMILES string of the molecule is COc1ccc(COC(C)(C)OC)cc1. The van der Waals surface area contributed by atoms with Crippen molar-refractivity contribution in [3.63, 3.8) is 0 Å². The van der Waals surface area contributed by atoms with Gasteiger partial charge in [-0.25, -0.2) is 0 Å². The molecule has 0 bridgehead atoms. The van der Waals surface area contributed by atoms with Crippen LogP contribution in [-0.4, -0.2) is 20.0 Å². The highest BCUT2D eigenvalue weighted by Gasteiger charge is 2.16.